The van der Waals surface area contributed by atoms with Crippen LogP contribution in [0.25, 0.3) is 0 Å². The molecule has 0 aromatic heterocycles. The molecule has 1 nitrogen and oxygen atoms in total. The molecule has 3 unspecified atom stereocenters. The first kappa shape index (κ1) is 11.8. The minimum atomic E-state index is 0.655. The molecule has 0 saturated carbocycles. The molecule has 0 bridgehead atoms. The number of piperidine rings is 1. The fourth-order valence-corrected chi connectivity index (χ4v) is 5.12. The first-order valence-electron chi connectivity index (χ1n) is 6.49. The van der Waals surface area contributed by atoms with Gasteiger partial charge in [-0.25, -0.2) is 0 Å². The predicted molar refractivity (Wildman–Crippen MR) is 69.4 cm³/mol. The molecule has 1 spiro atoms. The second-order valence-electron chi connectivity index (χ2n) is 5.65. The standard InChI is InChI=1S/C13H25NS/c1-10(2)12-9-14-7-6-13(12)5-4-8-15-11(13)3/h10-12,14H,4-9H2,1-3H3. The maximum atomic E-state index is 3.60. The highest BCUT2D eigenvalue weighted by Crippen LogP contribution is 2.51. The molecule has 2 heterocycles. The Kier molecular flexibility index (Phi) is 3.67. The summed E-state index contributed by atoms with van der Waals surface area (Å²) in [4.78, 5) is 0. The summed E-state index contributed by atoms with van der Waals surface area (Å²) in [5.41, 5.74) is 0.655. The first-order valence-corrected chi connectivity index (χ1v) is 7.54. The van der Waals surface area contributed by atoms with E-state index in [4.69, 9.17) is 0 Å². The van der Waals surface area contributed by atoms with Gasteiger partial charge in [0.1, 0.15) is 0 Å². The van der Waals surface area contributed by atoms with Gasteiger partial charge in [0.05, 0.1) is 0 Å². The molecular formula is C13H25NS. The summed E-state index contributed by atoms with van der Waals surface area (Å²) in [5, 5.41) is 4.47. The highest BCUT2D eigenvalue weighted by atomic mass is 32.2. The molecule has 2 aliphatic heterocycles. The smallest absolute Gasteiger partial charge is 0.00788 e. The predicted octanol–water partition coefficient (Wildman–Crippen LogP) is 3.15. The van der Waals surface area contributed by atoms with Gasteiger partial charge >= 0.3 is 0 Å². The van der Waals surface area contributed by atoms with E-state index in [1.165, 1.54) is 38.1 Å². The molecule has 0 aromatic rings. The fraction of sp³-hybridized carbons (Fsp3) is 1.00. The second-order valence-corrected chi connectivity index (χ2v) is 7.10. The van der Waals surface area contributed by atoms with Crippen LogP contribution in [0.4, 0.5) is 0 Å². The second kappa shape index (κ2) is 4.67. The molecule has 2 heteroatoms. The van der Waals surface area contributed by atoms with E-state index in [2.05, 4.69) is 37.8 Å². The Balaban J connectivity index is 2.19. The third-order valence-corrected chi connectivity index (χ3v) is 6.13. The van der Waals surface area contributed by atoms with Gasteiger partial charge in [0.2, 0.25) is 0 Å². The van der Waals surface area contributed by atoms with E-state index in [-0.39, 0.29) is 0 Å². The first-order chi connectivity index (χ1) is 7.17. The molecule has 0 aliphatic carbocycles. The van der Waals surface area contributed by atoms with Crippen molar-refractivity contribution in [2.24, 2.45) is 17.3 Å². The number of nitrogens with one attached hydrogen (secondary N) is 1. The summed E-state index contributed by atoms with van der Waals surface area (Å²) in [5.74, 6) is 3.12. The summed E-state index contributed by atoms with van der Waals surface area (Å²) in [7, 11) is 0. The molecule has 3 atom stereocenters. The summed E-state index contributed by atoms with van der Waals surface area (Å²) >= 11 is 2.22. The van der Waals surface area contributed by atoms with Crippen molar-refractivity contribution in [1.29, 1.82) is 0 Å². The molecule has 0 aromatic carbocycles. The van der Waals surface area contributed by atoms with E-state index in [1.807, 2.05) is 0 Å². The number of thioether (sulfide) groups is 1. The van der Waals surface area contributed by atoms with Crippen molar-refractivity contribution < 1.29 is 0 Å². The molecule has 2 saturated heterocycles. The van der Waals surface area contributed by atoms with Crippen molar-refractivity contribution in [2.45, 2.75) is 45.3 Å². The third kappa shape index (κ3) is 2.08. The van der Waals surface area contributed by atoms with Crippen molar-refractivity contribution in [3.05, 3.63) is 0 Å². The number of rotatable bonds is 1. The highest BCUT2D eigenvalue weighted by Gasteiger charge is 2.47. The van der Waals surface area contributed by atoms with E-state index < -0.39 is 0 Å². The van der Waals surface area contributed by atoms with E-state index in [0.29, 0.717) is 5.41 Å². The Morgan fingerprint density at radius 3 is 2.80 bits per heavy atom. The van der Waals surface area contributed by atoms with E-state index in [9.17, 15) is 0 Å². The van der Waals surface area contributed by atoms with Gasteiger partial charge in [0, 0.05) is 5.25 Å². The van der Waals surface area contributed by atoms with E-state index in [0.717, 1.165) is 17.1 Å². The normalized spacial score (nSPS) is 42.4. The zero-order valence-corrected chi connectivity index (χ0v) is 11.2. The molecular weight excluding hydrogens is 202 g/mol. The largest absolute Gasteiger partial charge is 0.316 e. The van der Waals surface area contributed by atoms with Crippen LogP contribution in [0.2, 0.25) is 0 Å². The van der Waals surface area contributed by atoms with Crippen molar-refractivity contribution in [3.8, 4) is 0 Å². The maximum absolute atomic E-state index is 3.60. The Hall–Kier alpha value is 0.310. The minimum absolute atomic E-state index is 0.655. The Bertz CT molecular complexity index is 211. The van der Waals surface area contributed by atoms with E-state index in [1.54, 1.807) is 0 Å². The van der Waals surface area contributed by atoms with Crippen LogP contribution in [-0.4, -0.2) is 24.1 Å². The molecule has 88 valence electrons. The van der Waals surface area contributed by atoms with Crippen LogP contribution in [0.3, 0.4) is 0 Å². The summed E-state index contributed by atoms with van der Waals surface area (Å²) < 4.78 is 0. The number of hydrogen-bond acceptors (Lipinski definition) is 2. The van der Waals surface area contributed by atoms with Gasteiger partial charge in [0.25, 0.3) is 0 Å². The monoisotopic (exact) mass is 227 g/mol. The van der Waals surface area contributed by atoms with Crippen LogP contribution in [0.1, 0.15) is 40.0 Å². The molecule has 2 rings (SSSR count). The average molecular weight is 227 g/mol. The van der Waals surface area contributed by atoms with Crippen LogP contribution in [-0.2, 0) is 0 Å². The van der Waals surface area contributed by atoms with Crippen molar-refractivity contribution >= 4 is 11.8 Å². The van der Waals surface area contributed by atoms with Crippen molar-refractivity contribution in [3.63, 3.8) is 0 Å². The molecule has 2 aliphatic rings. The molecule has 0 amide bonds. The lowest BCUT2D eigenvalue weighted by Gasteiger charge is -2.52. The van der Waals surface area contributed by atoms with Crippen molar-refractivity contribution in [2.75, 3.05) is 18.8 Å². The lowest BCUT2D eigenvalue weighted by Crippen LogP contribution is -2.53. The number of hydrogen-bond donors (Lipinski definition) is 1. The fourth-order valence-electron chi connectivity index (χ4n) is 3.71. The molecule has 0 radical (unpaired) electrons. The Morgan fingerprint density at radius 2 is 2.13 bits per heavy atom. The Labute approximate surface area is 98.8 Å². The van der Waals surface area contributed by atoms with Crippen LogP contribution in [0, 0.1) is 17.3 Å². The minimum Gasteiger partial charge on any atom is -0.316 e. The van der Waals surface area contributed by atoms with Crippen LogP contribution in [0.5, 0.6) is 0 Å². The van der Waals surface area contributed by atoms with Gasteiger partial charge in [-0.2, -0.15) is 11.8 Å². The summed E-state index contributed by atoms with van der Waals surface area (Å²) in [6.45, 7) is 9.79. The topological polar surface area (TPSA) is 12.0 Å². The Morgan fingerprint density at radius 1 is 1.33 bits per heavy atom. The van der Waals surface area contributed by atoms with Gasteiger partial charge in [-0.05, 0) is 55.4 Å². The molecule has 2 fully saturated rings. The van der Waals surface area contributed by atoms with Crippen molar-refractivity contribution in [1.82, 2.24) is 5.32 Å². The van der Waals surface area contributed by atoms with Gasteiger partial charge in [-0.1, -0.05) is 20.8 Å². The SMILES string of the molecule is CC(C)C1CNCCC12CCCSC2C. The van der Waals surface area contributed by atoms with Crippen LogP contribution < -0.4 is 5.32 Å². The molecule has 15 heavy (non-hydrogen) atoms. The van der Waals surface area contributed by atoms with Crippen LogP contribution in [0.15, 0.2) is 0 Å². The maximum Gasteiger partial charge on any atom is 0.00788 e. The quantitative estimate of drug-likeness (QED) is 0.738. The highest BCUT2D eigenvalue weighted by molar-refractivity contribution is 7.99. The lowest BCUT2D eigenvalue weighted by atomic mass is 9.62. The zero-order chi connectivity index (χ0) is 10.9. The zero-order valence-electron chi connectivity index (χ0n) is 10.4. The summed E-state index contributed by atoms with van der Waals surface area (Å²) in [6, 6.07) is 0. The molecule has 1 N–H and O–H groups in total. The third-order valence-electron chi connectivity index (χ3n) is 4.64. The van der Waals surface area contributed by atoms with Gasteiger partial charge in [-0.3, -0.25) is 0 Å². The van der Waals surface area contributed by atoms with E-state index >= 15 is 0 Å². The lowest BCUT2D eigenvalue weighted by molar-refractivity contribution is 0.0582. The van der Waals surface area contributed by atoms with Gasteiger partial charge < -0.3 is 5.32 Å². The van der Waals surface area contributed by atoms with Gasteiger partial charge in [-0.15, -0.1) is 0 Å². The summed E-state index contributed by atoms with van der Waals surface area (Å²) in [6.07, 6.45) is 4.33. The van der Waals surface area contributed by atoms with Gasteiger partial charge in [0.15, 0.2) is 0 Å². The van der Waals surface area contributed by atoms with Crippen LogP contribution >= 0.6 is 11.8 Å². The average Bonchev–Trinajstić information content (AvgIpc) is 2.23.